The lowest BCUT2D eigenvalue weighted by Crippen LogP contribution is -2.36. The van der Waals surface area contributed by atoms with Gasteiger partial charge in [0.15, 0.2) is 0 Å². The predicted octanol–water partition coefficient (Wildman–Crippen LogP) is 9.89. The first-order valence-electron chi connectivity index (χ1n) is 17.3. The zero-order valence-electron chi connectivity index (χ0n) is 30.7. The quantitative estimate of drug-likeness (QED) is 0.0998. The minimum absolute atomic E-state index is 0.610. The Morgan fingerprint density at radius 2 is 0.385 bits per heavy atom. The fraction of sp³-hybridized carbons (Fsp3) is 0.217. The second kappa shape index (κ2) is 16.0. The molecule has 6 heteroatoms. The molecule has 266 valence electrons. The smallest absolute Gasteiger partial charge is 0.118 e. The molecule has 0 bridgehead atoms. The van der Waals surface area contributed by atoms with Gasteiger partial charge in [-0.2, -0.15) is 0 Å². The number of ether oxygens (including phenoxy) is 6. The maximum Gasteiger partial charge on any atom is 0.118 e. The van der Waals surface area contributed by atoms with Gasteiger partial charge in [-0.25, -0.2) is 0 Å². The minimum Gasteiger partial charge on any atom is -0.497 e. The highest BCUT2D eigenvalue weighted by molar-refractivity contribution is 5.56. The Morgan fingerprint density at radius 3 is 0.500 bits per heavy atom. The molecule has 0 N–H and O–H groups in total. The summed E-state index contributed by atoms with van der Waals surface area (Å²) >= 11 is 0. The Labute approximate surface area is 307 Å². The first-order chi connectivity index (χ1) is 25.4. The van der Waals surface area contributed by atoms with Gasteiger partial charge in [-0.1, -0.05) is 72.8 Å². The van der Waals surface area contributed by atoms with Crippen molar-refractivity contribution in [1.29, 1.82) is 0 Å². The van der Waals surface area contributed by atoms with Crippen molar-refractivity contribution in [3.63, 3.8) is 0 Å². The summed E-state index contributed by atoms with van der Waals surface area (Å²) in [6.07, 6.45) is 1.42. The highest BCUT2D eigenvalue weighted by Crippen LogP contribution is 2.51. The van der Waals surface area contributed by atoms with Crippen molar-refractivity contribution < 1.29 is 28.4 Å². The Hall–Kier alpha value is -5.88. The summed E-state index contributed by atoms with van der Waals surface area (Å²) in [5.41, 5.74) is 5.60. The van der Waals surface area contributed by atoms with Crippen LogP contribution in [0.25, 0.3) is 0 Å². The van der Waals surface area contributed by atoms with Gasteiger partial charge in [0, 0.05) is 10.8 Å². The molecular formula is C46H46O6. The number of methoxy groups -OCH3 is 6. The molecule has 0 saturated heterocycles. The monoisotopic (exact) mass is 694 g/mol. The molecule has 6 rings (SSSR count). The molecule has 0 spiro atoms. The van der Waals surface area contributed by atoms with Gasteiger partial charge >= 0.3 is 0 Å². The van der Waals surface area contributed by atoms with E-state index in [2.05, 4.69) is 72.8 Å². The maximum absolute atomic E-state index is 5.63. The lowest BCUT2D eigenvalue weighted by molar-refractivity contribution is 0.408. The average molecular weight is 695 g/mol. The summed E-state index contributed by atoms with van der Waals surface area (Å²) < 4.78 is 33.8. The fourth-order valence-electron chi connectivity index (χ4n) is 7.49. The second-order valence-corrected chi connectivity index (χ2v) is 12.7. The summed E-state index contributed by atoms with van der Waals surface area (Å²) in [4.78, 5) is 0. The highest BCUT2D eigenvalue weighted by atomic mass is 16.5. The van der Waals surface area contributed by atoms with Crippen LogP contribution >= 0.6 is 0 Å². The molecule has 0 aliphatic carbocycles. The van der Waals surface area contributed by atoms with Gasteiger partial charge in [-0.15, -0.1) is 0 Å². The van der Waals surface area contributed by atoms with E-state index in [1.54, 1.807) is 42.7 Å². The third-order valence-corrected chi connectivity index (χ3v) is 10.4. The van der Waals surface area contributed by atoms with E-state index < -0.39 is 10.8 Å². The number of benzene rings is 6. The van der Waals surface area contributed by atoms with E-state index >= 15 is 0 Å². The molecular weight excluding hydrogens is 649 g/mol. The fourth-order valence-corrected chi connectivity index (χ4v) is 7.49. The third kappa shape index (κ3) is 6.89. The maximum atomic E-state index is 5.63. The van der Waals surface area contributed by atoms with Gasteiger partial charge in [0.1, 0.15) is 34.5 Å². The van der Waals surface area contributed by atoms with Gasteiger partial charge in [0.25, 0.3) is 0 Å². The first kappa shape index (κ1) is 35.9. The van der Waals surface area contributed by atoms with E-state index in [-0.39, 0.29) is 0 Å². The molecule has 0 unspecified atom stereocenters. The van der Waals surface area contributed by atoms with Crippen LogP contribution in [0.2, 0.25) is 0 Å². The van der Waals surface area contributed by atoms with Crippen molar-refractivity contribution in [3.8, 4) is 34.5 Å². The van der Waals surface area contributed by atoms with Crippen LogP contribution in [-0.2, 0) is 10.8 Å². The second-order valence-electron chi connectivity index (χ2n) is 12.7. The van der Waals surface area contributed by atoms with Crippen molar-refractivity contribution in [2.75, 3.05) is 42.7 Å². The lowest BCUT2D eigenvalue weighted by Gasteiger charge is -2.42. The molecule has 0 radical (unpaired) electrons. The van der Waals surface area contributed by atoms with Gasteiger partial charge < -0.3 is 28.4 Å². The summed E-state index contributed by atoms with van der Waals surface area (Å²) in [5, 5.41) is 0. The molecule has 0 saturated carbocycles. The van der Waals surface area contributed by atoms with Crippen molar-refractivity contribution in [2.45, 2.75) is 23.7 Å². The first-order valence-corrected chi connectivity index (χ1v) is 17.3. The SMILES string of the molecule is COc1ccc(C(CCC(c2ccc(OC)cc2)(c2ccc(OC)cc2)c2ccc(OC)cc2)(c2ccc(OC)cc2)c2ccc(OC)cc2)cc1. The van der Waals surface area contributed by atoms with Crippen LogP contribution in [0.3, 0.4) is 0 Å². The van der Waals surface area contributed by atoms with Crippen molar-refractivity contribution in [3.05, 3.63) is 179 Å². The molecule has 0 atom stereocenters. The van der Waals surface area contributed by atoms with Crippen LogP contribution in [-0.4, -0.2) is 42.7 Å². The van der Waals surface area contributed by atoms with Gasteiger partial charge in [0.2, 0.25) is 0 Å². The van der Waals surface area contributed by atoms with Gasteiger partial charge in [-0.05, 0) is 119 Å². The summed E-state index contributed by atoms with van der Waals surface area (Å²) in [7, 11) is 10.2. The van der Waals surface area contributed by atoms with E-state index in [4.69, 9.17) is 28.4 Å². The Balaban J connectivity index is 1.65. The van der Waals surface area contributed by atoms with Crippen LogP contribution in [0.4, 0.5) is 0 Å². The van der Waals surface area contributed by atoms with Crippen molar-refractivity contribution in [1.82, 2.24) is 0 Å². The van der Waals surface area contributed by atoms with Crippen LogP contribution in [0.1, 0.15) is 46.2 Å². The number of hydrogen-bond donors (Lipinski definition) is 0. The molecule has 0 heterocycles. The number of hydrogen-bond acceptors (Lipinski definition) is 6. The van der Waals surface area contributed by atoms with Crippen LogP contribution in [0, 0.1) is 0 Å². The van der Waals surface area contributed by atoms with Crippen molar-refractivity contribution >= 4 is 0 Å². The Bertz CT molecular complexity index is 1620. The molecule has 6 aromatic carbocycles. The third-order valence-electron chi connectivity index (χ3n) is 10.4. The molecule has 0 aliphatic heterocycles. The molecule has 52 heavy (non-hydrogen) atoms. The molecule has 0 amide bonds. The van der Waals surface area contributed by atoms with Crippen molar-refractivity contribution in [2.24, 2.45) is 0 Å². The molecule has 0 fully saturated rings. The lowest BCUT2D eigenvalue weighted by atomic mass is 9.60. The molecule has 0 aliphatic rings. The largest absolute Gasteiger partial charge is 0.497 e. The Morgan fingerprint density at radius 1 is 0.250 bits per heavy atom. The van der Waals surface area contributed by atoms with Crippen LogP contribution < -0.4 is 28.4 Å². The molecule has 6 nitrogen and oxygen atoms in total. The summed E-state index contributed by atoms with van der Waals surface area (Å²) in [6.45, 7) is 0. The molecule has 6 aromatic rings. The van der Waals surface area contributed by atoms with E-state index in [9.17, 15) is 0 Å². The predicted molar refractivity (Wildman–Crippen MR) is 207 cm³/mol. The van der Waals surface area contributed by atoms with E-state index in [0.717, 1.165) is 67.9 Å². The van der Waals surface area contributed by atoms with Gasteiger partial charge in [0.05, 0.1) is 42.7 Å². The van der Waals surface area contributed by atoms with E-state index in [1.807, 2.05) is 72.8 Å². The van der Waals surface area contributed by atoms with Crippen LogP contribution in [0.5, 0.6) is 34.5 Å². The Kier molecular flexibility index (Phi) is 11.0. The van der Waals surface area contributed by atoms with E-state index in [0.29, 0.717) is 12.8 Å². The minimum atomic E-state index is -0.610. The number of rotatable bonds is 15. The highest BCUT2D eigenvalue weighted by Gasteiger charge is 2.43. The zero-order valence-corrected chi connectivity index (χ0v) is 30.7. The average Bonchev–Trinajstić information content (AvgIpc) is 3.23. The molecule has 0 aromatic heterocycles. The van der Waals surface area contributed by atoms with E-state index in [1.165, 1.54) is 0 Å². The topological polar surface area (TPSA) is 55.4 Å². The summed E-state index contributed by atoms with van der Waals surface area (Å²) in [5.74, 6) is 4.78. The zero-order chi connectivity index (χ0) is 36.6. The van der Waals surface area contributed by atoms with Crippen LogP contribution in [0.15, 0.2) is 146 Å². The normalized spacial score (nSPS) is 11.4. The standard InChI is InChI=1S/C46H46O6/c1-47-39-19-7-33(8-20-39)45(34-9-21-40(48-2)22-10-34,35-11-23-41(49-3)24-12-35)31-32-46(36-13-25-42(50-4)26-14-36,37-15-27-43(51-5)28-16-37)38-17-29-44(52-6)30-18-38/h7-30H,31-32H2,1-6H3. The summed E-state index contributed by atoms with van der Waals surface area (Å²) in [6, 6.07) is 50.7. The van der Waals surface area contributed by atoms with Gasteiger partial charge in [-0.3, -0.25) is 0 Å².